The highest BCUT2D eigenvalue weighted by molar-refractivity contribution is 5.04. The Bertz CT molecular complexity index is 235. The number of halogens is 1. The van der Waals surface area contributed by atoms with Gasteiger partial charge in [-0.15, -0.1) is 0 Å². The lowest BCUT2D eigenvalue weighted by molar-refractivity contribution is -0.884. The van der Waals surface area contributed by atoms with Crippen molar-refractivity contribution in [3.8, 4) is 0 Å². The van der Waals surface area contributed by atoms with Crippen molar-refractivity contribution in [2.75, 3.05) is 21.1 Å². The van der Waals surface area contributed by atoms with Crippen LogP contribution < -0.4 is 12.4 Å². The minimum Gasteiger partial charge on any atom is -1.00 e. The molecule has 0 atom stereocenters. The second kappa shape index (κ2) is 3.97. The van der Waals surface area contributed by atoms with Gasteiger partial charge in [-0.3, -0.25) is 0 Å². The summed E-state index contributed by atoms with van der Waals surface area (Å²) in [6, 6.07) is 4.26. The van der Waals surface area contributed by atoms with Gasteiger partial charge in [-0.05, 0) is 12.1 Å². The highest BCUT2D eigenvalue weighted by Gasteiger charge is 2.09. The summed E-state index contributed by atoms with van der Waals surface area (Å²) in [6.45, 7) is 1.09. The maximum Gasteiger partial charge on any atom is 0.119 e. The highest BCUT2D eigenvalue weighted by atomic mass is 35.5. The first-order valence-corrected chi connectivity index (χ1v) is 3.90. The summed E-state index contributed by atoms with van der Waals surface area (Å²) < 4.78 is 3.15. The smallest absolute Gasteiger partial charge is 0.119 e. The van der Waals surface area contributed by atoms with E-state index < -0.39 is 0 Å². The third-order valence-corrected chi connectivity index (χ3v) is 1.69. The predicted molar refractivity (Wildman–Crippen MR) is 47.1 cm³/mol. The Balaban J connectivity index is 0.00000121. The van der Waals surface area contributed by atoms with Crippen molar-refractivity contribution < 1.29 is 16.9 Å². The topological polar surface area (TPSA) is 4.93 Å². The van der Waals surface area contributed by atoms with E-state index in [0.717, 1.165) is 11.0 Å². The van der Waals surface area contributed by atoms with Gasteiger partial charge in [0.05, 0.1) is 26.8 Å². The lowest BCUT2D eigenvalue weighted by atomic mass is 10.4. The van der Waals surface area contributed by atoms with E-state index in [9.17, 15) is 0 Å². The fourth-order valence-corrected chi connectivity index (χ4v) is 1.15. The van der Waals surface area contributed by atoms with Gasteiger partial charge in [-0.25, -0.2) is 0 Å². The molecular weight excluding hydrogens is 172 g/mol. The minimum atomic E-state index is 0. The molecule has 0 saturated carbocycles. The number of quaternary nitrogens is 1. The highest BCUT2D eigenvalue weighted by Crippen LogP contribution is 2.05. The van der Waals surface area contributed by atoms with Gasteiger partial charge in [-0.1, -0.05) is 0 Å². The Hall–Kier alpha value is -0.470. The average molecular weight is 189 g/mol. The molecule has 0 aliphatic carbocycles. The van der Waals surface area contributed by atoms with E-state index in [1.807, 2.05) is 0 Å². The van der Waals surface area contributed by atoms with Crippen LogP contribution >= 0.6 is 0 Å². The summed E-state index contributed by atoms with van der Waals surface area (Å²) in [5.41, 5.74) is 1.39. The molecule has 0 fully saturated rings. The molecule has 0 bridgehead atoms. The quantitative estimate of drug-likeness (QED) is 0.485. The molecule has 0 amide bonds. The molecule has 0 unspecified atom stereocenters. The van der Waals surface area contributed by atoms with E-state index in [4.69, 9.17) is 0 Å². The van der Waals surface area contributed by atoms with Crippen LogP contribution in [0.1, 0.15) is 5.69 Å². The molecule has 0 aliphatic rings. The summed E-state index contributed by atoms with van der Waals surface area (Å²) in [5.74, 6) is 0. The molecule has 1 rings (SSSR count). The number of hydrogen-bond acceptors (Lipinski definition) is 0. The third kappa shape index (κ3) is 3.28. The fraction of sp³-hybridized carbons (Fsp3) is 0.556. The van der Waals surface area contributed by atoms with Gasteiger partial charge in [0.1, 0.15) is 6.54 Å². The Kier molecular flexibility index (Phi) is 3.81. The van der Waals surface area contributed by atoms with Crippen LogP contribution in [-0.4, -0.2) is 30.2 Å². The fourth-order valence-electron chi connectivity index (χ4n) is 1.15. The van der Waals surface area contributed by atoms with Crippen molar-refractivity contribution in [1.82, 2.24) is 4.57 Å². The average Bonchev–Trinajstić information content (AvgIpc) is 2.12. The van der Waals surface area contributed by atoms with Gasteiger partial charge in [0.2, 0.25) is 0 Å². The van der Waals surface area contributed by atoms with Crippen LogP contribution in [0.2, 0.25) is 0 Å². The second-order valence-electron chi connectivity index (χ2n) is 4.06. The van der Waals surface area contributed by atoms with Crippen LogP contribution in [-0.2, 0) is 13.6 Å². The van der Waals surface area contributed by atoms with E-state index in [-0.39, 0.29) is 12.4 Å². The van der Waals surface area contributed by atoms with Crippen molar-refractivity contribution >= 4 is 0 Å². The first-order chi connectivity index (χ1) is 4.99. The molecule has 0 spiro atoms. The van der Waals surface area contributed by atoms with E-state index in [0.29, 0.717) is 0 Å². The molecule has 12 heavy (non-hydrogen) atoms. The van der Waals surface area contributed by atoms with Gasteiger partial charge >= 0.3 is 0 Å². The molecule has 1 aromatic rings. The van der Waals surface area contributed by atoms with Gasteiger partial charge in [0.15, 0.2) is 0 Å². The summed E-state index contributed by atoms with van der Waals surface area (Å²) in [6.07, 6.45) is 2.09. The normalized spacial score (nSPS) is 11.0. The zero-order valence-corrected chi connectivity index (χ0v) is 8.97. The monoisotopic (exact) mass is 188 g/mol. The summed E-state index contributed by atoms with van der Waals surface area (Å²) >= 11 is 0. The Morgan fingerprint density at radius 2 is 1.92 bits per heavy atom. The van der Waals surface area contributed by atoms with Crippen LogP contribution in [0.3, 0.4) is 0 Å². The largest absolute Gasteiger partial charge is 1.00 e. The van der Waals surface area contributed by atoms with Crippen LogP contribution in [0.4, 0.5) is 0 Å². The molecular formula is C9H17ClN2. The van der Waals surface area contributed by atoms with Crippen LogP contribution in [0, 0.1) is 0 Å². The van der Waals surface area contributed by atoms with Gasteiger partial charge < -0.3 is 21.5 Å². The first-order valence-electron chi connectivity index (χ1n) is 3.90. The Morgan fingerprint density at radius 1 is 1.33 bits per heavy atom. The van der Waals surface area contributed by atoms with E-state index in [1.54, 1.807) is 0 Å². The predicted octanol–water partition coefficient (Wildman–Crippen LogP) is -1.76. The van der Waals surface area contributed by atoms with Crippen LogP contribution in [0.5, 0.6) is 0 Å². The molecule has 1 aromatic heterocycles. The molecule has 1 heterocycles. The van der Waals surface area contributed by atoms with E-state index >= 15 is 0 Å². The van der Waals surface area contributed by atoms with E-state index in [2.05, 4.69) is 51.1 Å². The van der Waals surface area contributed by atoms with Crippen molar-refractivity contribution in [2.24, 2.45) is 7.05 Å². The molecule has 0 aliphatic heterocycles. The maximum atomic E-state index is 2.20. The minimum absolute atomic E-state index is 0. The van der Waals surface area contributed by atoms with Gasteiger partial charge in [-0.2, -0.15) is 0 Å². The number of aromatic nitrogens is 1. The van der Waals surface area contributed by atoms with Gasteiger partial charge in [0, 0.05) is 13.2 Å². The Morgan fingerprint density at radius 3 is 2.25 bits per heavy atom. The molecule has 0 radical (unpaired) electrons. The van der Waals surface area contributed by atoms with Crippen LogP contribution in [0.25, 0.3) is 0 Å². The maximum absolute atomic E-state index is 2.20. The van der Waals surface area contributed by atoms with Crippen molar-refractivity contribution in [2.45, 2.75) is 6.54 Å². The molecule has 3 heteroatoms. The summed E-state index contributed by atoms with van der Waals surface area (Å²) in [4.78, 5) is 0. The molecule has 2 nitrogen and oxygen atoms in total. The molecule has 0 N–H and O–H groups in total. The van der Waals surface area contributed by atoms with Crippen molar-refractivity contribution in [3.63, 3.8) is 0 Å². The summed E-state index contributed by atoms with van der Waals surface area (Å²) in [5, 5.41) is 0. The SMILES string of the molecule is Cn1cccc1C[N+](C)(C)C.[Cl-]. The standard InChI is InChI=1S/C9H17N2.ClH/c1-10-7-5-6-9(10)8-11(2,3)4;/h5-7H,8H2,1-4H3;1H/q+1;/p-1. The summed E-state index contributed by atoms with van der Waals surface area (Å²) in [7, 11) is 8.69. The number of aryl methyl sites for hydroxylation is 1. The first kappa shape index (κ1) is 11.5. The number of nitrogens with zero attached hydrogens (tertiary/aromatic N) is 2. The lowest BCUT2D eigenvalue weighted by Crippen LogP contribution is -3.00. The zero-order chi connectivity index (χ0) is 8.48. The van der Waals surface area contributed by atoms with Crippen LogP contribution in [0.15, 0.2) is 18.3 Å². The van der Waals surface area contributed by atoms with Gasteiger partial charge in [0.25, 0.3) is 0 Å². The molecule has 0 saturated heterocycles. The number of hydrogen-bond donors (Lipinski definition) is 0. The lowest BCUT2D eigenvalue weighted by Gasteiger charge is -2.23. The third-order valence-electron chi connectivity index (χ3n) is 1.69. The van der Waals surface area contributed by atoms with E-state index in [1.165, 1.54) is 5.69 Å². The second-order valence-corrected chi connectivity index (χ2v) is 4.06. The van der Waals surface area contributed by atoms with Crippen molar-refractivity contribution in [1.29, 1.82) is 0 Å². The Labute approximate surface area is 80.8 Å². The molecule has 0 aromatic carbocycles. The number of rotatable bonds is 2. The van der Waals surface area contributed by atoms with Crippen molar-refractivity contribution in [3.05, 3.63) is 24.0 Å². The zero-order valence-electron chi connectivity index (χ0n) is 8.21. The molecule has 70 valence electrons.